The molecule has 0 N–H and O–H groups in total. The molecule has 0 aromatic heterocycles. The molecule has 0 aliphatic heterocycles. The van der Waals surface area contributed by atoms with Gasteiger partial charge in [-0.05, 0) is 30.7 Å². The minimum Gasteiger partial charge on any atom is -0.488 e. The Kier molecular flexibility index (Phi) is 7.53. The van der Waals surface area contributed by atoms with Crippen LogP contribution in [-0.4, -0.2) is 26.5 Å². The maximum atomic E-state index is 11.5. The number of hydrogen-bond donors (Lipinski definition) is 0. The van der Waals surface area contributed by atoms with E-state index >= 15 is 0 Å². The summed E-state index contributed by atoms with van der Waals surface area (Å²) in [6, 6.07) is 15.2. The fourth-order valence-electron chi connectivity index (χ4n) is 2.08. The summed E-state index contributed by atoms with van der Waals surface area (Å²) in [7, 11) is 1.56. The zero-order chi connectivity index (χ0) is 17.9. The molecule has 0 atom stereocenters. The van der Waals surface area contributed by atoms with Crippen LogP contribution in [0.4, 0.5) is 0 Å². The van der Waals surface area contributed by atoms with Gasteiger partial charge in [0.2, 0.25) is 0 Å². The van der Waals surface area contributed by atoms with E-state index in [2.05, 4.69) is 0 Å². The third-order valence-electron chi connectivity index (χ3n) is 3.25. The van der Waals surface area contributed by atoms with Gasteiger partial charge in [-0.25, -0.2) is 4.79 Å². The predicted octanol–water partition coefficient (Wildman–Crippen LogP) is 3.82. The van der Waals surface area contributed by atoms with Crippen LogP contribution >= 0.6 is 0 Å². The summed E-state index contributed by atoms with van der Waals surface area (Å²) in [6.07, 6.45) is 3.04. The molecular formula is C20H22O5. The van der Waals surface area contributed by atoms with E-state index < -0.39 is 5.97 Å². The van der Waals surface area contributed by atoms with Crippen molar-refractivity contribution in [1.29, 1.82) is 0 Å². The van der Waals surface area contributed by atoms with Gasteiger partial charge in [0.25, 0.3) is 0 Å². The molecule has 2 aromatic rings. The van der Waals surface area contributed by atoms with Crippen molar-refractivity contribution in [2.45, 2.75) is 13.5 Å². The van der Waals surface area contributed by atoms with Crippen LogP contribution in [0, 0.1) is 0 Å². The monoisotopic (exact) mass is 342 g/mol. The molecule has 0 fully saturated rings. The Balaban J connectivity index is 2.16. The van der Waals surface area contributed by atoms with Gasteiger partial charge in [-0.1, -0.05) is 30.3 Å². The van der Waals surface area contributed by atoms with E-state index in [4.69, 9.17) is 18.9 Å². The van der Waals surface area contributed by atoms with Gasteiger partial charge < -0.3 is 18.9 Å². The van der Waals surface area contributed by atoms with Crippen molar-refractivity contribution in [2.75, 3.05) is 20.5 Å². The number of benzene rings is 2. The lowest BCUT2D eigenvalue weighted by Gasteiger charge is -2.12. The fraction of sp³-hybridized carbons (Fsp3) is 0.250. The molecule has 0 bridgehead atoms. The average Bonchev–Trinajstić information content (AvgIpc) is 2.64. The van der Waals surface area contributed by atoms with Crippen LogP contribution in [-0.2, 0) is 20.9 Å². The van der Waals surface area contributed by atoms with E-state index in [-0.39, 0.29) is 6.79 Å². The summed E-state index contributed by atoms with van der Waals surface area (Å²) in [6.45, 7) is 2.66. The quantitative estimate of drug-likeness (QED) is 0.394. The second-order valence-electron chi connectivity index (χ2n) is 5.11. The second kappa shape index (κ2) is 10.2. The summed E-state index contributed by atoms with van der Waals surface area (Å²) in [5.74, 6) is 0.840. The van der Waals surface area contributed by atoms with Crippen LogP contribution in [0.3, 0.4) is 0 Å². The summed E-state index contributed by atoms with van der Waals surface area (Å²) >= 11 is 0. The Hall–Kier alpha value is -2.79. The van der Waals surface area contributed by atoms with Crippen LogP contribution < -0.4 is 9.47 Å². The predicted molar refractivity (Wildman–Crippen MR) is 95.4 cm³/mol. The number of carbonyl (C=O) groups is 1. The highest BCUT2D eigenvalue weighted by Gasteiger charge is 2.06. The lowest BCUT2D eigenvalue weighted by Crippen LogP contribution is -2.01. The van der Waals surface area contributed by atoms with Crippen LogP contribution in [0.1, 0.15) is 18.1 Å². The molecule has 0 aliphatic rings. The summed E-state index contributed by atoms with van der Waals surface area (Å²) < 4.78 is 21.2. The van der Waals surface area contributed by atoms with Gasteiger partial charge in [-0.3, -0.25) is 0 Å². The smallest absolute Gasteiger partial charge is 0.330 e. The Morgan fingerprint density at radius 3 is 2.60 bits per heavy atom. The Bertz CT molecular complexity index is 694. The molecule has 0 heterocycles. The number of hydrogen-bond acceptors (Lipinski definition) is 5. The third-order valence-corrected chi connectivity index (χ3v) is 3.25. The maximum absolute atomic E-state index is 11.5. The molecule has 5 heteroatoms. The molecule has 0 unspecified atom stereocenters. The van der Waals surface area contributed by atoms with Crippen LogP contribution in [0.25, 0.3) is 6.08 Å². The molecule has 0 saturated heterocycles. The standard InChI is InChI=1S/C20H22O5/c1-3-23-20(21)12-10-17-9-11-18(25-15-22-2)13-19(17)24-14-16-7-5-4-6-8-16/h4-13H,3,14-15H2,1-2H3. The van der Waals surface area contributed by atoms with E-state index in [0.717, 1.165) is 11.1 Å². The van der Waals surface area contributed by atoms with E-state index in [1.54, 1.807) is 32.2 Å². The van der Waals surface area contributed by atoms with Crippen molar-refractivity contribution in [2.24, 2.45) is 0 Å². The summed E-state index contributed by atoms with van der Waals surface area (Å²) in [5, 5.41) is 0. The number of methoxy groups -OCH3 is 1. The highest BCUT2D eigenvalue weighted by Crippen LogP contribution is 2.27. The zero-order valence-electron chi connectivity index (χ0n) is 14.4. The van der Waals surface area contributed by atoms with Crippen LogP contribution in [0.5, 0.6) is 11.5 Å². The zero-order valence-corrected chi connectivity index (χ0v) is 14.4. The Morgan fingerprint density at radius 2 is 1.88 bits per heavy atom. The van der Waals surface area contributed by atoms with E-state index in [0.29, 0.717) is 24.7 Å². The van der Waals surface area contributed by atoms with Gasteiger partial charge in [-0.2, -0.15) is 0 Å². The molecule has 25 heavy (non-hydrogen) atoms. The molecule has 5 nitrogen and oxygen atoms in total. The molecule has 0 radical (unpaired) electrons. The van der Waals surface area contributed by atoms with Crippen molar-refractivity contribution >= 4 is 12.0 Å². The number of rotatable bonds is 9. The molecular weight excluding hydrogens is 320 g/mol. The molecule has 0 aliphatic carbocycles. The van der Waals surface area contributed by atoms with Gasteiger partial charge >= 0.3 is 5.97 Å². The van der Waals surface area contributed by atoms with Crippen molar-refractivity contribution in [1.82, 2.24) is 0 Å². The molecule has 2 rings (SSSR count). The summed E-state index contributed by atoms with van der Waals surface area (Å²) in [5.41, 5.74) is 1.81. The first-order valence-corrected chi connectivity index (χ1v) is 8.00. The Morgan fingerprint density at radius 1 is 1.08 bits per heavy atom. The van der Waals surface area contributed by atoms with Gasteiger partial charge in [0.1, 0.15) is 18.1 Å². The van der Waals surface area contributed by atoms with E-state index in [1.807, 2.05) is 36.4 Å². The second-order valence-corrected chi connectivity index (χ2v) is 5.11. The van der Waals surface area contributed by atoms with Crippen LogP contribution in [0.2, 0.25) is 0 Å². The lowest BCUT2D eigenvalue weighted by molar-refractivity contribution is -0.137. The first-order valence-electron chi connectivity index (χ1n) is 8.00. The number of esters is 1. The van der Waals surface area contributed by atoms with Crippen molar-refractivity contribution in [3.8, 4) is 11.5 Å². The molecule has 0 amide bonds. The minimum absolute atomic E-state index is 0.149. The largest absolute Gasteiger partial charge is 0.488 e. The van der Waals surface area contributed by atoms with Gasteiger partial charge in [0.05, 0.1) is 6.61 Å². The van der Waals surface area contributed by atoms with Crippen molar-refractivity contribution in [3.05, 3.63) is 65.7 Å². The topological polar surface area (TPSA) is 54.0 Å². The SMILES string of the molecule is CCOC(=O)C=Cc1ccc(OCOC)cc1OCc1ccccc1. The summed E-state index contributed by atoms with van der Waals surface area (Å²) in [4.78, 5) is 11.5. The normalized spacial score (nSPS) is 10.6. The number of carbonyl (C=O) groups excluding carboxylic acids is 1. The van der Waals surface area contributed by atoms with E-state index in [9.17, 15) is 4.79 Å². The van der Waals surface area contributed by atoms with E-state index in [1.165, 1.54) is 6.08 Å². The fourth-order valence-corrected chi connectivity index (χ4v) is 2.08. The molecule has 132 valence electrons. The van der Waals surface area contributed by atoms with Crippen molar-refractivity contribution in [3.63, 3.8) is 0 Å². The molecule has 2 aromatic carbocycles. The molecule has 0 saturated carbocycles. The number of ether oxygens (including phenoxy) is 4. The molecule has 0 spiro atoms. The Labute approximate surface area is 147 Å². The van der Waals surface area contributed by atoms with Gasteiger partial charge in [-0.15, -0.1) is 0 Å². The van der Waals surface area contributed by atoms with Crippen molar-refractivity contribution < 1.29 is 23.7 Å². The highest BCUT2D eigenvalue weighted by atomic mass is 16.7. The van der Waals surface area contributed by atoms with Gasteiger partial charge in [0.15, 0.2) is 6.79 Å². The maximum Gasteiger partial charge on any atom is 0.330 e. The third kappa shape index (κ3) is 6.31. The minimum atomic E-state index is -0.392. The van der Waals surface area contributed by atoms with Crippen LogP contribution in [0.15, 0.2) is 54.6 Å². The first kappa shape index (κ1) is 18.5. The first-order chi connectivity index (χ1) is 12.2. The average molecular weight is 342 g/mol. The lowest BCUT2D eigenvalue weighted by atomic mass is 10.1. The highest BCUT2D eigenvalue weighted by molar-refractivity contribution is 5.87. The van der Waals surface area contributed by atoms with Gasteiger partial charge in [0, 0.05) is 24.8 Å².